The summed E-state index contributed by atoms with van der Waals surface area (Å²) < 4.78 is 17.5. The van der Waals surface area contributed by atoms with Crippen LogP contribution in [0.3, 0.4) is 0 Å². The number of aromatic nitrogens is 2. The van der Waals surface area contributed by atoms with E-state index in [9.17, 15) is 0 Å². The van der Waals surface area contributed by atoms with Gasteiger partial charge in [0.1, 0.15) is 11.5 Å². The monoisotopic (exact) mass is 443 g/mol. The molecule has 0 saturated carbocycles. The van der Waals surface area contributed by atoms with Gasteiger partial charge in [0.25, 0.3) is 0 Å². The van der Waals surface area contributed by atoms with Crippen molar-refractivity contribution in [2.75, 3.05) is 20.8 Å². The van der Waals surface area contributed by atoms with Crippen LogP contribution in [0.2, 0.25) is 0 Å². The first-order chi connectivity index (χ1) is 13.7. The van der Waals surface area contributed by atoms with Crippen molar-refractivity contribution >= 4 is 15.9 Å². The second-order valence-corrected chi connectivity index (χ2v) is 7.67. The molecule has 2 aromatic carbocycles. The molecule has 1 aliphatic heterocycles. The Kier molecular flexibility index (Phi) is 5.64. The average Bonchev–Trinajstić information content (AvgIpc) is 3.37. The maximum absolute atomic E-state index is 5.59. The van der Waals surface area contributed by atoms with Crippen LogP contribution in [0, 0.1) is 0 Å². The van der Waals surface area contributed by atoms with Crippen LogP contribution in [0.25, 0.3) is 11.4 Å². The lowest BCUT2D eigenvalue weighted by Gasteiger charge is -2.25. The highest BCUT2D eigenvalue weighted by Crippen LogP contribution is 2.39. The van der Waals surface area contributed by atoms with Gasteiger partial charge in [0.15, 0.2) is 0 Å². The lowest BCUT2D eigenvalue weighted by molar-refractivity contribution is 0.209. The van der Waals surface area contributed by atoms with Crippen LogP contribution in [0.15, 0.2) is 51.5 Å². The summed E-state index contributed by atoms with van der Waals surface area (Å²) in [5.74, 6) is 2.92. The lowest BCUT2D eigenvalue weighted by Crippen LogP contribution is -2.23. The molecule has 1 fully saturated rings. The van der Waals surface area contributed by atoms with Crippen LogP contribution < -0.4 is 9.47 Å². The van der Waals surface area contributed by atoms with Crippen molar-refractivity contribution in [1.82, 2.24) is 15.0 Å². The SMILES string of the molecule is COc1ccc(OC)c([C@H]2CCCN2Cc2nc(-c3cccc(Br)c3)no2)c1. The second-order valence-electron chi connectivity index (χ2n) is 6.76. The molecular weight excluding hydrogens is 422 g/mol. The Balaban J connectivity index is 1.55. The molecular formula is C21H22BrN3O3. The third kappa shape index (κ3) is 3.91. The first kappa shape index (κ1) is 19.0. The van der Waals surface area contributed by atoms with Gasteiger partial charge >= 0.3 is 0 Å². The molecule has 146 valence electrons. The van der Waals surface area contributed by atoms with E-state index in [1.807, 2.05) is 36.4 Å². The normalized spacial score (nSPS) is 17.0. The molecule has 0 bridgehead atoms. The molecule has 0 radical (unpaired) electrons. The van der Waals surface area contributed by atoms with Crippen LogP contribution in [0.4, 0.5) is 0 Å². The molecule has 1 atom stereocenters. The molecule has 0 unspecified atom stereocenters. The molecule has 1 aliphatic rings. The van der Waals surface area contributed by atoms with Crippen molar-refractivity contribution in [2.24, 2.45) is 0 Å². The van der Waals surface area contributed by atoms with Gasteiger partial charge in [-0.25, -0.2) is 0 Å². The molecule has 3 aromatic rings. The van der Waals surface area contributed by atoms with Crippen molar-refractivity contribution in [1.29, 1.82) is 0 Å². The minimum Gasteiger partial charge on any atom is -0.497 e. The summed E-state index contributed by atoms with van der Waals surface area (Å²) in [6.45, 7) is 1.58. The van der Waals surface area contributed by atoms with E-state index in [1.54, 1.807) is 14.2 Å². The summed E-state index contributed by atoms with van der Waals surface area (Å²) in [7, 11) is 3.38. The van der Waals surface area contributed by atoms with E-state index in [0.29, 0.717) is 18.3 Å². The van der Waals surface area contributed by atoms with Gasteiger partial charge in [-0.05, 0) is 49.7 Å². The molecule has 7 heteroatoms. The summed E-state index contributed by atoms with van der Waals surface area (Å²) >= 11 is 3.48. The maximum Gasteiger partial charge on any atom is 0.241 e. The van der Waals surface area contributed by atoms with Gasteiger partial charge in [-0.3, -0.25) is 4.90 Å². The molecule has 1 aromatic heterocycles. The Labute approximate surface area is 172 Å². The minimum atomic E-state index is 0.228. The van der Waals surface area contributed by atoms with Gasteiger partial charge in [0.05, 0.1) is 20.8 Å². The largest absolute Gasteiger partial charge is 0.497 e. The standard InChI is InChI=1S/C21H22BrN3O3/c1-26-16-8-9-19(27-2)17(12-16)18-7-4-10-25(18)13-20-23-21(24-28-20)14-5-3-6-15(22)11-14/h3,5-6,8-9,11-12,18H,4,7,10,13H2,1-2H3/t18-/m1/s1. The van der Waals surface area contributed by atoms with Crippen LogP contribution >= 0.6 is 15.9 Å². The summed E-state index contributed by atoms with van der Waals surface area (Å²) in [5.41, 5.74) is 2.06. The Morgan fingerprint density at radius 3 is 2.86 bits per heavy atom. The van der Waals surface area contributed by atoms with E-state index in [-0.39, 0.29) is 6.04 Å². The third-order valence-corrected chi connectivity index (χ3v) is 5.54. The van der Waals surface area contributed by atoms with Crippen molar-refractivity contribution in [2.45, 2.75) is 25.4 Å². The zero-order valence-corrected chi connectivity index (χ0v) is 17.5. The van der Waals surface area contributed by atoms with E-state index in [0.717, 1.165) is 46.5 Å². The van der Waals surface area contributed by atoms with E-state index >= 15 is 0 Å². The predicted octanol–water partition coefficient (Wildman–Crippen LogP) is 4.85. The first-order valence-electron chi connectivity index (χ1n) is 9.22. The summed E-state index contributed by atoms with van der Waals surface area (Å²) in [5, 5.41) is 4.15. The van der Waals surface area contributed by atoms with E-state index < -0.39 is 0 Å². The van der Waals surface area contributed by atoms with Gasteiger partial charge < -0.3 is 14.0 Å². The number of hydrogen-bond acceptors (Lipinski definition) is 6. The van der Waals surface area contributed by atoms with Gasteiger partial charge in [-0.2, -0.15) is 4.98 Å². The number of methoxy groups -OCH3 is 2. The quantitative estimate of drug-likeness (QED) is 0.542. The highest BCUT2D eigenvalue weighted by molar-refractivity contribution is 9.10. The molecule has 28 heavy (non-hydrogen) atoms. The zero-order valence-electron chi connectivity index (χ0n) is 15.9. The van der Waals surface area contributed by atoms with Crippen LogP contribution in [0.5, 0.6) is 11.5 Å². The number of nitrogens with zero attached hydrogens (tertiary/aromatic N) is 3. The van der Waals surface area contributed by atoms with Gasteiger partial charge in [-0.1, -0.05) is 33.2 Å². The third-order valence-electron chi connectivity index (χ3n) is 5.05. The number of likely N-dealkylation sites (tertiary alicyclic amines) is 1. The Morgan fingerprint density at radius 2 is 2.07 bits per heavy atom. The van der Waals surface area contributed by atoms with Crippen LogP contribution in [0.1, 0.15) is 30.3 Å². The minimum absolute atomic E-state index is 0.228. The second kappa shape index (κ2) is 8.32. The highest BCUT2D eigenvalue weighted by Gasteiger charge is 2.30. The molecule has 1 saturated heterocycles. The molecule has 0 amide bonds. The van der Waals surface area contributed by atoms with Crippen molar-refractivity contribution in [3.05, 3.63) is 58.4 Å². The fraction of sp³-hybridized carbons (Fsp3) is 0.333. The molecule has 2 heterocycles. The number of rotatable bonds is 6. The van der Waals surface area contributed by atoms with E-state index in [2.05, 4.69) is 37.0 Å². The number of hydrogen-bond donors (Lipinski definition) is 0. The van der Waals surface area contributed by atoms with Crippen LogP contribution in [-0.2, 0) is 6.54 Å². The smallest absolute Gasteiger partial charge is 0.241 e. The lowest BCUT2D eigenvalue weighted by atomic mass is 10.0. The summed E-state index contributed by atoms with van der Waals surface area (Å²) in [4.78, 5) is 6.95. The number of ether oxygens (including phenoxy) is 2. The summed E-state index contributed by atoms with van der Waals surface area (Å²) in [6, 6.07) is 14.1. The fourth-order valence-corrected chi connectivity index (χ4v) is 4.10. The molecule has 6 nitrogen and oxygen atoms in total. The number of halogens is 1. The molecule has 0 N–H and O–H groups in total. The van der Waals surface area contributed by atoms with E-state index in [1.165, 1.54) is 0 Å². The summed E-state index contributed by atoms with van der Waals surface area (Å²) in [6.07, 6.45) is 2.16. The Bertz CT molecular complexity index is 960. The molecule has 0 spiro atoms. The predicted molar refractivity (Wildman–Crippen MR) is 109 cm³/mol. The fourth-order valence-electron chi connectivity index (χ4n) is 3.71. The topological polar surface area (TPSA) is 60.6 Å². The van der Waals surface area contributed by atoms with Gasteiger partial charge in [0.2, 0.25) is 11.7 Å². The Hall–Kier alpha value is -2.38. The zero-order chi connectivity index (χ0) is 19.5. The van der Waals surface area contributed by atoms with Crippen molar-refractivity contribution < 1.29 is 14.0 Å². The van der Waals surface area contributed by atoms with E-state index in [4.69, 9.17) is 14.0 Å². The number of benzene rings is 2. The van der Waals surface area contributed by atoms with Crippen molar-refractivity contribution in [3.8, 4) is 22.9 Å². The van der Waals surface area contributed by atoms with Gasteiger partial charge in [0, 0.05) is 21.6 Å². The maximum atomic E-state index is 5.59. The van der Waals surface area contributed by atoms with Crippen LogP contribution in [-0.4, -0.2) is 35.8 Å². The average molecular weight is 444 g/mol. The van der Waals surface area contributed by atoms with Crippen molar-refractivity contribution in [3.63, 3.8) is 0 Å². The highest BCUT2D eigenvalue weighted by atomic mass is 79.9. The van der Waals surface area contributed by atoms with Gasteiger partial charge in [-0.15, -0.1) is 0 Å². The molecule has 4 rings (SSSR count). The Morgan fingerprint density at radius 1 is 1.18 bits per heavy atom. The first-order valence-corrected chi connectivity index (χ1v) is 10.0. The molecule has 0 aliphatic carbocycles.